The lowest BCUT2D eigenvalue weighted by Crippen LogP contribution is -2.21. The van der Waals surface area contributed by atoms with Crippen LogP contribution in [0.1, 0.15) is 0 Å². The molecule has 9 heavy (non-hydrogen) atoms. The van der Waals surface area contributed by atoms with Crippen molar-refractivity contribution >= 4 is 17.3 Å². The average molecular weight is 150 g/mol. The summed E-state index contributed by atoms with van der Waals surface area (Å²) in [5.41, 5.74) is 1.56. The zero-order chi connectivity index (χ0) is 7.28. The Morgan fingerprint density at radius 3 is 2.78 bits per heavy atom. The van der Waals surface area contributed by atoms with Gasteiger partial charge in [-0.3, -0.25) is 4.79 Å². The minimum Gasteiger partial charge on any atom is -0.748 e. The predicted octanol–water partition coefficient (Wildman–Crippen LogP) is -0.986. The molecule has 1 atom stereocenters. The van der Waals surface area contributed by atoms with Crippen molar-refractivity contribution in [1.29, 1.82) is 0 Å². The highest BCUT2D eigenvalue weighted by molar-refractivity contribution is 7.74. The van der Waals surface area contributed by atoms with Crippen LogP contribution in [0.4, 0.5) is 0 Å². The van der Waals surface area contributed by atoms with Crippen molar-refractivity contribution in [1.82, 2.24) is 5.48 Å². The molecule has 1 unspecified atom stereocenters. The molecule has 0 aromatic carbocycles. The predicted molar refractivity (Wildman–Crippen MR) is 28.3 cm³/mol. The van der Waals surface area contributed by atoms with Crippen LogP contribution in [0.3, 0.4) is 0 Å². The molecule has 0 saturated heterocycles. The minimum absolute atomic E-state index is 0.709. The summed E-state index contributed by atoms with van der Waals surface area (Å²) >= 11 is -2.72. The van der Waals surface area contributed by atoms with Gasteiger partial charge in [0.25, 0.3) is 5.91 Å². The highest BCUT2D eigenvalue weighted by atomic mass is 32.2. The lowest BCUT2D eigenvalue weighted by atomic mass is 10.6. The maximum absolute atomic E-state index is 10.1. The van der Waals surface area contributed by atoms with Gasteiger partial charge in [-0.15, -0.1) is 0 Å². The number of hydrogen-bond acceptors (Lipinski definition) is 4. The molecule has 0 aromatic rings. The Hall–Kier alpha value is -0.720. The SMILES string of the molecule is C=CC(=O)NOS(=O)[O-]. The van der Waals surface area contributed by atoms with Crippen molar-refractivity contribution in [2.45, 2.75) is 0 Å². The summed E-state index contributed by atoms with van der Waals surface area (Å²) in [6.07, 6.45) is 0.882. The van der Waals surface area contributed by atoms with Crippen LogP contribution in [-0.2, 0) is 20.4 Å². The Kier molecular flexibility index (Phi) is 3.85. The van der Waals surface area contributed by atoms with E-state index >= 15 is 0 Å². The normalized spacial score (nSPS) is 12.1. The number of hydroxylamine groups is 1. The molecular weight excluding hydrogens is 146 g/mol. The zero-order valence-electron chi connectivity index (χ0n) is 4.33. The van der Waals surface area contributed by atoms with E-state index in [0.29, 0.717) is 0 Å². The molecule has 0 saturated carbocycles. The molecule has 1 amide bonds. The molecule has 5 nitrogen and oxygen atoms in total. The van der Waals surface area contributed by atoms with E-state index in [2.05, 4.69) is 10.9 Å². The van der Waals surface area contributed by atoms with E-state index in [9.17, 15) is 13.6 Å². The van der Waals surface area contributed by atoms with E-state index in [-0.39, 0.29) is 0 Å². The molecule has 6 heteroatoms. The van der Waals surface area contributed by atoms with Crippen LogP contribution in [0.5, 0.6) is 0 Å². The topological polar surface area (TPSA) is 78.5 Å². The van der Waals surface area contributed by atoms with Crippen LogP contribution in [0.15, 0.2) is 12.7 Å². The van der Waals surface area contributed by atoms with Gasteiger partial charge in [-0.1, -0.05) is 6.58 Å². The number of carbonyl (C=O) groups is 1. The number of amides is 1. The first-order valence-corrected chi connectivity index (χ1v) is 2.86. The highest BCUT2D eigenvalue weighted by Crippen LogP contribution is 1.71. The molecule has 0 aromatic heterocycles. The summed E-state index contributed by atoms with van der Waals surface area (Å²) in [6, 6.07) is 0. The second-order valence-electron chi connectivity index (χ2n) is 0.958. The van der Waals surface area contributed by atoms with Crippen LogP contribution in [0, 0.1) is 0 Å². The van der Waals surface area contributed by atoms with Gasteiger partial charge in [0.15, 0.2) is 0 Å². The third-order valence-electron chi connectivity index (χ3n) is 0.396. The standard InChI is InChI=1S/C3H5NO4S/c1-2-3(5)4-8-9(6)7/h2H,1H2,(H,4,5)(H,6,7)/p-1. The van der Waals surface area contributed by atoms with Gasteiger partial charge in [0, 0.05) is 0 Å². The smallest absolute Gasteiger partial charge is 0.267 e. The van der Waals surface area contributed by atoms with Crippen molar-refractivity contribution in [2.75, 3.05) is 0 Å². The molecule has 52 valence electrons. The molecule has 0 radical (unpaired) electrons. The zero-order valence-corrected chi connectivity index (χ0v) is 5.14. The first-order valence-electron chi connectivity index (χ1n) is 1.86. The lowest BCUT2D eigenvalue weighted by Gasteiger charge is -2.02. The molecule has 0 aliphatic rings. The van der Waals surface area contributed by atoms with E-state index in [4.69, 9.17) is 0 Å². The Bertz CT molecular complexity index is 145. The maximum atomic E-state index is 10.1. The van der Waals surface area contributed by atoms with Gasteiger partial charge in [0.05, 0.1) is 0 Å². The van der Waals surface area contributed by atoms with Crippen molar-refractivity contribution in [2.24, 2.45) is 0 Å². The molecule has 1 N–H and O–H groups in total. The molecule has 0 bridgehead atoms. The molecule has 0 aliphatic carbocycles. The highest BCUT2D eigenvalue weighted by Gasteiger charge is 1.89. The fourth-order valence-electron chi connectivity index (χ4n) is 0.117. The number of hydrogen-bond donors (Lipinski definition) is 1. The Morgan fingerprint density at radius 1 is 1.89 bits per heavy atom. The monoisotopic (exact) mass is 150 g/mol. The van der Waals surface area contributed by atoms with E-state index < -0.39 is 17.3 Å². The molecule has 0 rings (SSSR count). The molecule has 0 aliphatic heterocycles. The molecule has 0 fully saturated rings. The summed E-state index contributed by atoms with van der Waals surface area (Å²) in [6.45, 7) is 3.05. The van der Waals surface area contributed by atoms with Gasteiger partial charge in [-0.05, 0) is 6.08 Å². The van der Waals surface area contributed by atoms with E-state index in [0.717, 1.165) is 6.08 Å². The number of nitrogens with one attached hydrogen (secondary N) is 1. The Balaban J connectivity index is 3.39. The number of rotatable bonds is 3. The van der Waals surface area contributed by atoms with Crippen LogP contribution in [0.2, 0.25) is 0 Å². The maximum Gasteiger partial charge on any atom is 0.267 e. The summed E-state index contributed by atoms with van der Waals surface area (Å²) in [7, 11) is 0. The van der Waals surface area contributed by atoms with Crippen molar-refractivity contribution in [3.8, 4) is 0 Å². The average Bonchev–Trinajstić information content (AvgIpc) is 1.83. The second kappa shape index (κ2) is 4.19. The van der Waals surface area contributed by atoms with Crippen molar-refractivity contribution in [3.63, 3.8) is 0 Å². The first kappa shape index (κ1) is 8.28. The van der Waals surface area contributed by atoms with Gasteiger partial charge in [-0.25, -0.2) is 9.69 Å². The molecule has 0 spiro atoms. The Labute approximate surface area is 54.1 Å². The van der Waals surface area contributed by atoms with Crippen LogP contribution < -0.4 is 5.48 Å². The van der Waals surface area contributed by atoms with Gasteiger partial charge >= 0.3 is 0 Å². The van der Waals surface area contributed by atoms with Crippen molar-refractivity contribution in [3.05, 3.63) is 12.7 Å². The fraction of sp³-hybridized carbons (Fsp3) is 0. The van der Waals surface area contributed by atoms with E-state index in [1.807, 2.05) is 0 Å². The quantitative estimate of drug-likeness (QED) is 0.318. The molecule has 0 heterocycles. The lowest BCUT2D eigenvalue weighted by molar-refractivity contribution is -0.122. The number of carbonyl (C=O) groups excluding carboxylic acids is 1. The van der Waals surface area contributed by atoms with Crippen molar-refractivity contribution < 1.29 is 17.8 Å². The van der Waals surface area contributed by atoms with Gasteiger partial charge in [0.1, 0.15) is 11.4 Å². The fourth-order valence-corrected chi connectivity index (χ4v) is 0.267. The second-order valence-corrected chi connectivity index (χ2v) is 1.53. The first-order chi connectivity index (χ1) is 4.16. The summed E-state index contributed by atoms with van der Waals surface area (Å²) in [5, 5.41) is 0. The largest absolute Gasteiger partial charge is 0.748 e. The van der Waals surface area contributed by atoms with E-state index in [1.54, 1.807) is 5.48 Å². The van der Waals surface area contributed by atoms with Gasteiger partial charge < -0.3 is 4.55 Å². The van der Waals surface area contributed by atoms with E-state index in [1.165, 1.54) is 0 Å². The van der Waals surface area contributed by atoms with Crippen LogP contribution in [0.25, 0.3) is 0 Å². The minimum atomic E-state index is -2.72. The third-order valence-corrected chi connectivity index (χ3v) is 0.615. The molecular formula is C3H4NO4S-. The van der Waals surface area contributed by atoms with Gasteiger partial charge in [-0.2, -0.15) is 4.28 Å². The Morgan fingerprint density at radius 2 is 2.44 bits per heavy atom. The van der Waals surface area contributed by atoms with Crippen LogP contribution in [-0.4, -0.2) is 14.7 Å². The van der Waals surface area contributed by atoms with Crippen LogP contribution >= 0.6 is 0 Å². The summed E-state index contributed by atoms with van der Waals surface area (Å²) in [5.74, 6) is -0.709. The summed E-state index contributed by atoms with van der Waals surface area (Å²) in [4.78, 5) is 10.1. The summed E-state index contributed by atoms with van der Waals surface area (Å²) < 4.78 is 22.7. The third kappa shape index (κ3) is 5.15. The van der Waals surface area contributed by atoms with Gasteiger partial charge in [0.2, 0.25) is 0 Å².